The van der Waals surface area contributed by atoms with Crippen LogP contribution >= 0.6 is 22.9 Å². The second-order valence-corrected chi connectivity index (χ2v) is 9.38. The average Bonchev–Trinajstić information content (AvgIpc) is 3.48. The summed E-state index contributed by atoms with van der Waals surface area (Å²) in [5.74, 6) is -0.419. The van der Waals surface area contributed by atoms with Gasteiger partial charge in [0, 0.05) is 45.6 Å². The number of carbonyl (C=O) groups excluding carboxylic acids is 1. The molecule has 0 saturated carbocycles. The van der Waals surface area contributed by atoms with Crippen molar-refractivity contribution in [2.75, 3.05) is 0 Å². The number of hydrogen-bond acceptors (Lipinski definition) is 5. The highest BCUT2D eigenvalue weighted by Crippen LogP contribution is 2.30. The van der Waals surface area contributed by atoms with Gasteiger partial charge in [0.25, 0.3) is 11.5 Å². The van der Waals surface area contributed by atoms with Gasteiger partial charge in [0.15, 0.2) is 0 Å². The number of aryl methyl sites for hydroxylation is 1. The van der Waals surface area contributed by atoms with Crippen LogP contribution in [0.25, 0.3) is 21.6 Å². The summed E-state index contributed by atoms with van der Waals surface area (Å²) in [5.41, 5.74) is 3.40. The van der Waals surface area contributed by atoms with Gasteiger partial charge in [0.1, 0.15) is 16.2 Å². The largest absolute Gasteiger partial charge is 0.347 e. The second kappa shape index (κ2) is 9.24. The maximum atomic E-state index is 12.9. The summed E-state index contributed by atoms with van der Waals surface area (Å²) in [4.78, 5) is 38.5. The van der Waals surface area contributed by atoms with Crippen molar-refractivity contribution in [1.82, 2.24) is 24.8 Å². The Kier molecular flexibility index (Phi) is 6.00. The van der Waals surface area contributed by atoms with Crippen molar-refractivity contribution in [3.05, 3.63) is 104 Å². The number of fused-ring (bicyclic) bond motifs is 1. The lowest BCUT2D eigenvalue weighted by atomic mass is 10.1. The highest BCUT2D eigenvalue weighted by atomic mass is 35.5. The molecule has 0 aliphatic rings. The molecule has 4 aromatic heterocycles. The summed E-state index contributed by atoms with van der Waals surface area (Å²) < 4.78 is 1.52. The number of benzene rings is 1. The maximum absolute atomic E-state index is 12.9. The number of halogens is 1. The monoisotopic (exact) mass is 489 g/mol. The molecule has 0 atom stereocenters. The van der Waals surface area contributed by atoms with Gasteiger partial charge < -0.3 is 14.9 Å². The van der Waals surface area contributed by atoms with E-state index in [1.54, 1.807) is 24.7 Å². The summed E-state index contributed by atoms with van der Waals surface area (Å²) in [5, 5.41) is 5.35. The van der Waals surface area contributed by atoms with Gasteiger partial charge in [-0.2, -0.15) is 0 Å². The first kappa shape index (κ1) is 22.1. The van der Waals surface area contributed by atoms with Crippen LogP contribution in [0.4, 0.5) is 0 Å². The van der Waals surface area contributed by atoms with E-state index in [1.807, 2.05) is 43.5 Å². The van der Waals surface area contributed by atoms with Crippen LogP contribution in [0.5, 0.6) is 0 Å². The van der Waals surface area contributed by atoms with Gasteiger partial charge in [-0.1, -0.05) is 23.7 Å². The van der Waals surface area contributed by atoms with Gasteiger partial charge in [0.2, 0.25) is 0 Å². The van der Waals surface area contributed by atoms with Crippen molar-refractivity contribution >= 4 is 39.9 Å². The summed E-state index contributed by atoms with van der Waals surface area (Å²) in [6, 6.07) is 12.7. The van der Waals surface area contributed by atoms with Gasteiger partial charge in [-0.25, -0.2) is 9.97 Å². The van der Waals surface area contributed by atoms with E-state index >= 15 is 0 Å². The standard InChI is InChI=1S/C25H20ClN5O2S/c1-15-10-16(6-7-21(15)26)14-31-9-3-5-19(25(31)33)23(32)29-11-17-12-30-24(34-17)20-13-28-22-18(20)4-2-8-27-22/h2-10,12-13H,11,14H2,1H3,(H,27,28)(H,29,32). The van der Waals surface area contributed by atoms with Crippen LogP contribution in [-0.4, -0.2) is 25.4 Å². The van der Waals surface area contributed by atoms with Gasteiger partial charge >= 0.3 is 0 Å². The third-order valence-electron chi connectivity index (χ3n) is 5.50. The molecule has 5 rings (SSSR count). The van der Waals surface area contributed by atoms with Gasteiger partial charge in [-0.3, -0.25) is 9.59 Å². The van der Waals surface area contributed by atoms with E-state index < -0.39 is 5.91 Å². The molecule has 0 fully saturated rings. The number of rotatable bonds is 6. The van der Waals surface area contributed by atoms with Crippen molar-refractivity contribution in [3.8, 4) is 10.6 Å². The zero-order chi connectivity index (χ0) is 23.7. The molecule has 34 heavy (non-hydrogen) atoms. The molecule has 0 aliphatic carbocycles. The van der Waals surface area contributed by atoms with Crippen LogP contribution in [0, 0.1) is 6.92 Å². The fourth-order valence-corrected chi connectivity index (χ4v) is 4.75. The number of aromatic nitrogens is 4. The first-order valence-corrected chi connectivity index (χ1v) is 11.8. The third-order valence-corrected chi connectivity index (χ3v) is 6.95. The summed E-state index contributed by atoms with van der Waals surface area (Å²) in [6.07, 6.45) is 7.03. The van der Waals surface area contributed by atoms with Crippen LogP contribution < -0.4 is 10.9 Å². The lowest BCUT2D eigenvalue weighted by Crippen LogP contribution is -2.32. The van der Waals surface area contributed by atoms with Crippen molar-refractivity contribution in [2.24, 2.45) is 0 Å². The van der Waals surface area contributed by atoms with Gasteiger partial charge in [-0.15, -0.1) is 11.3 Å². The number of aromatic amines is 1. The Morgan fingerprint density at radius 3 is 2.94 bits per heavy atom. The van der Waals surface area contributed by atoms with E-state index in [0.717, 1.165) is 37.6 Å². The Bertz CT molecular complexity index is 1570. The second-order valence-electron chi connectivity index (χ2n) is 7.85. The molecule has 0 bridgehead atoms. The molecule has 1 amide bonds. The number of nitrogens with one attached hydrogen (secondary N) is 2. The molecular formula is C25H20ClN5O2S. The minimum atomic E-state index is -0.419. The van der Waals surface area contributed by atoms with E-state index in [9.17, 15) is 9.59 Å². The molecule has 9 heteroatoms. The first-order chi connectivity index (χ1) is 16.5. The third kappa shape index (κ3) is 4.37. The molecule has 0 saturated heterocycles. The molecule has 0 aliphatic heterocycles. The smallest absolute Gasteiger partial charge is 0.263 e. The zero-order valence-electron chi connectivity index (χ0n) is 18.2. The molecule has 0 radical (unpaired) electrons. The SMILES string of the molecule is Cc1cc(Cn2cccc(C(=O)NCc3cnc(-c4c[nH]c5ncccc45)s3)c2=O)ccc1Cl. The van der Waals surface area contributed by atoms with Crippen molar-refractivity contribution < 1.29 is 4.79 Å². The molecule has 170 valence electrons. The Labute approximate surface area is 204 Å². The average molecular weight is 490 g/mol. The highest BCUT2D eigenvalue weighted by Gasteiger charge is 2.15. The molecule has 2 N–H and O–H groups in total. The molecule has 4 heterocycles. The van der Waals surface area contributed by atoms with Crippen molar-refractivity contribution in [2.45, 2.75) is 20.0 Å². The Balaban J connectivity index is 1.29. The van der Waals surface area contributed by atoms with Gasteiger partial charge in [-0.05, 0) is 48.4 Å². The van der Waals surface area contributed by atoms with E-state index in [-0.39, 0.29) is 17.7 Å². The normalized spacial score (nSPS) is 11.1. The topological polar surface area (TPSA) is 92.7 Å². The van der Waals surface area contributed by atoms with E-state index in [2.05, 4.69) is 20.3 Å². The number of nitrogens with zero attached hydrogens (tertiary/aromatic N) is 3. The van der Waals surface area contributed by atoms with Crippen LogP contribution in [0.1, 0.15) is 26.4 Å². The minimum absolute atomic E-state index is 0.0978. The fourth-order valence-electron chi connectivity index (χ4n) is 3.75. The predicted octanol–water partition coefficient (Wildman–Crippen LogP) is 4.79. The Morgan fingerprint density at radius 2 is 2.09 bits per heavy atom. The van der Waals surface area contributed by atoms with Crippen LogP contribution in [0.2, 0.25) is 5.02 Å². The minimum Gasteiger partial charge on any atom is -0.347 e. The quantitative estimate of drug-likeness (QED) is 0.358. The lowest BCUT2D eigenvalue weighted by Gasteiger charge is -2.09. The maximum Gasteiger partial charge on any atom is 0.263 e. The molecular weight excluding hydrogens is 470 g/mol. The number of amides is 1. The number of pyridine rings is 2. The predicted molar refractivity (Wildman–Crippen MR) is 134 cm³/mol. The number of H-pyrrole nitrogens is 1. The van der Waals surface area contributed by atoms with Crippen LogP contribution in [0.15, 0.2) is 72.0 Å². The molecule has 7 nitrogen and oxygen atoms in total. The molecule has 0 spiro atoms. The lowest BCUT2D eigenvalue weighted by molar-refractivity contribution is 0.0949. The van der Waals surface area contributed by atoms with Gasteiger partial charge in [0.05, 0.1) is 13.1 Å². The molecule has 5 aromatic rings. The fraction of sp³-hybridized carbons (Fsp3) is 0.120. The van der Waals surface area contributed by atoms with Crippen LogP contribution in [-0.2, 0) is 13.1 Å². The number of hydrogen-bond donors (Lipinski definition) is 2. The van der Waals surface area contributed by atoms with E-state index in [4.69, 9.17) is 11.6 Å². The number of carbonyl (C=O) groups is 1. The Hall–Kier alpha value is -3.75. The zero-order valence-corrected chi connectivity index (χ0v) is 19.8. The molecule has 1 aromatic carbocycles. The summed E-state index contributed by atoms with van der Waals surface area (Å²) in [6.45, 7) is 2.55. The van der Waals surface area contributed by atoms with Crippen molar-refractivity contribution in [3.63, 3.8) is 0 Å². The number of thiazole rings is 1. The first-order valence-electron chi connectivity index (χ1n) is 10.6. The molecule has 0 unspecified atom stereocenters. The summed E-state index contributed by atoms with van der Waals surface area (Å²) >= 11 is 7.58. The van der Waals surface area contributed by atoms with Crippen LogP contribution in [0.3, 0.4) is 0 Å². The highest BCUT2D eigenvalue weighted by molar-refractivity contribution is 7.15. The van der Waals surface area contributed by atoms with E-state index in [1.165, 1.54) is 22.0 Å². The van der Waals surface area contributed by atoms with Crippen molar-refractivity contribution in [1.29, 1.82) is 0 Å². The summed E-state index contributed by atoms with van der Waals surface area (Å²) in [7, 11) is 0. The van der Waals surface area contributed by atoms with E-state index in [0.29, 0.717) is 11.6 Å². The Morgan fingerprint density at radius 1 is 1.21 bits per heavy atom.